The maximum atomic E-state index is 12.2. The van der Waals surface area contributed by atoms with Gasteiger partial charge in [0.1, 0.15) is 16.6 Å². The molecule has 0 aromatic carbocycles. The minimum atomic E-state index is -0.403. The van der Waals surface area contributed by atoms with Crippen LogP contribution in [0.2, 0.25) is 0 Å². The predicted octanol–water partition coefficient (Wildman–Crippen LogP) is 2.72. The first-order valence-corrected chi connectivity index (χ1v) is 9.34. The van der Waals surface area contributed by atoms with Crippen molar-refractivity contribution in [2.75, 3.05) is 23.8 Å². The van der Waals surface area contributed by atoms with Gasteiger partial charge in [-0.1, -0.05) is 6.07 Å². The summed E-state index contributed by atoms with van der Waals surface area (Å²) in [5.41, 5.74) is 1.76. The summed E-state index contributed by atoms with van der Waals surface area (Å²) in [5.74, 6) is 0.935. The van der Waals surface area contributed by atoms with Crippen molar-refractivity contribution in [1.82, 2.24) is 20.3 Å². The van der Waals surface area contributed by atoms with Crippen LogP contribution in [0.25, 0.3) is 10.6 Å². The number of anilines is 2. The molecule has 0 aliphatic carbocycles. The Morgan fingerprint density at radius 2 is 1.89 bits per heavy atom. The van der Waals surface area contributed by atoms with E-state index in [0.29, 0.717) is 31.1 Å². The van der Waals surface area contributed by atoms with E-state index in [1.807, 2.05) is 24.3 Å². The molecule has 0 atom stereocenters. The van der Waals surface area contributed by atoms with Gasteiger partial charge in [-0.05, 0) is 37.2 Å². The molecule has 0 bridgehead atoms. The van der Waals surface area contributed by atoms with Crippen LogP contribution in [-0.2, 0) is 6.54 Å². The molecule has 0 saturated heterocycles. The van der Waals surface area contributed by atoms with E-state index in [0.717, 1.165) is 16.3 Å². The lowest BCUT2D eigenvalue weighted by Gasteiger charge is -2.07. The number of carbonyl (C=O) groups excluding carboxylic acids is 1. The largest absolute Gasteiger partial charge is 0.396 e. The summed E-state index contributed by atoms with van der Waals surface area (Å²) >= 11 is 1.44. The summed E-state index contributed by atoms with van der Waals surface area (Å²) in [7, 11) is 0. The number of carbonyl (C=O) groups is 1. The van der Waals surface area contributed by atoms with Gasteiger partial charge in [0, 0.05) is 36.5 Å². The molecule has 0 aliphatic rings. The van der Waals surface area contributed by atoms with Gasteiger partial charge in [-0.3, -0.25) is 15.6 Å². The molecule has 3 heterocycles. The zero-order valence-electron chi connectivity index (χ0n) is 14.6. The number of aliphatic hydroxyl groups is 1. The number of pyridine rings is 2. The molecule has 9 heteroatoms. The van der Waals surface area contributed by atoms with E-state index in [9.17, 15) is 4.79 Å². The Labute approximate surface area is 160 Å². The van der Waals surface area contributed by atoms with Crippen LogP contribution in [-0.4, -0.2) is 39.2 Å². The number of rotatable bonds is 8. The molecule has 4 N–H and O–H groups in total. The summed E-state index contributed by atoms with van der Waals surface area (Å²) in [6.45, 7) is 1.43. The van der Waals surface area contributed by atoms with Gasteiger partial charge in [0.2, 0.25) is 0 Å². The second kappa shape index (κ2) is 9.72. The highest BCUT2D eigenvalue weighted by Gasteiger charge is 2.09. The zero-order chi connectivity index (χ0) is 18.9. The van der Waals surface area contributed by atoms with E-state index in [1.54, 1.807) is 23.8 Å². The number of thiazole rings is 1. The van der Waals surface area contributed by atoms with Crippen molar-refractivity contribution >= 4 is 29.0 Å². The van der Waals surface area contributed by atoms with Crippen LogP contribution in [0.3, 0.4) is 0 Å². The number of hydrogen-bond acceptors (Lipinski definition) is 7. The molecule has 0 radical (unpaired) electrons. The fraction of sp³-hybridized carbons (Fsp3) is 0.222. The molecule has 2 amide bonds. The highest BCUT2D eigenvalue weighted by Crippen LogP contribution is 2.25. The Hall–Kier alpha value is -2.88. The van der Waals surface area contributed by atoms with E-state index >= 15 is 0 Å². The molecule has 27 heavy (non-hydrogen) atoms. The molecule has 0 saturated carbocycles. The average molecular weight is 384 g/mol. The Bertz CT molecular complexity index is 871. The first kappa shape index (κ1) is 18.9. The van der Waals surface area contributed by atoms with Crippen LogP contribution in [0.15, 0.2) is 48.1 Å². The van der Waals surface area contributed by atoms with Crippen molar-refractivity contribution < 1.29 is 9.90 Å². The molecule has 3 aromatic rings. The topological polar surface area (TPSA) is 112 Å². The van der Waals surface area contributed by atoms with Crippen LogP contribution >= 0.6 is 11.3 Å². The van der Waals surface area contributed by atoms with Crippen molar-refractivity contribution in [2.45, 2.75) is 13.0 Å². The molecular formula is C18H20N6O2S. The normalized spacial score (nSPS) is 10.6. The first-order chi connectivity index (χ1) is 13.2. The minimum Gasteiger partial charge on any atom is -0.396 e. The molecule has 0 unspecified atom stereocenters. The summed E-state index contributed by atoms with van der Waals surface area (Å²) < 4.78 is 0. The van der Waals surface area contributed by atoms with Crippen LogP contribution in [0, 0.1) is 0 Å². The van der Waals surface area contributed by atoms with Gasteiger partial charge in [0.25, 0.3) is 0 Å². The molecule has 0 spiro atoms. The number of hydrogen-bond donors (Lipinski definition) is 4. The number of amides is 2. The Kier molecular flexibility index (Phi) is 6.80. The van der Waals surface area contributed by atoms with Gasteiger partial charge in [0.15, 0.2) is 0 Å². The minimum absolute atomic E-state index is 0.154. The first-order valence-electron chi connectivity index (χ1n) is 8.46. The average Bonchev–Trinajstić information content (AvgIpc) is 3.14. The molecule has 0 aliphatic heterocycles. The van der Waals surface area contributed by atoms with Crippen molar-refractivity contribution in [2.24, 2.45) is 0 Å². The summed E-state index contributed by atoms with van der Waals surface area (Å²) in [4.78, 5) is 25.0. The smallest absolute Gasteiger partial charge is 0.326 e. The Morgan fingerprint density at radius 3 is 2.70 bits per heavy atom. The second-order valence-corrected chi connectivity index (χ2v) is 6.48. The molecule has 8 nitrogen and oxygen atoms in total. The van der Waals surface area contributed by atoms with Gasteiger partial charge in [0.05, 0.1) is 5.69 Å². The monoisotopic (exact) mass is 384 g/mol. The molecule has 3 rings (SSSR count). The number of urea groups is 1. The van der Waals surface area contributed by atoms with E-state index in [1.165, 1.54) is 11.3 Å². The lowest BCUT2D eigenvalue weighted by Crippen LogP contribution is -2.21. The fourth-order valence-electron chi connectivity index (χ4n) is 2.29. The SMILES string of the molecule is O=C(Nc1cccc(CNCCCO)n1)Nc1csc(-c2ccncc2)n1. The van der Waals surface area contributed by atoms with Gasteiger partial charge >= 0.3 is 6.03 Å². The highest BCUT2D eigenvalue weighted by atomic mass is 32.1. The number of aliphatic hydroxyl groups excluding tert-OH is 1. The standard InChI is InChI=1S/C18H20N6O2S/c25-10-2-7-20-11-14-3-1-4-15(21-14)23-18(26)24-16-12-27-17(22-16)13-5-8-19-9-6-13/h1,3-6,8-9,12,20,25H,2,7,10-11H2,(H2,21,23,24,26). The van der Waals surface area contributed by atoms with Gasteiger partial charge in [-0.25, -0.2) is 14.8 Å². The molecule has 0 fully saturated rings. The van der Waals surface area contributed by atoms with Gasteiger partial charge < -0.3 is 10.4 Å². The fourth-order valence-corrected chi connectivity index (χ4v) is 3.05. The lowest BCUT2D eigenvalue weighted by molar-refractivity contribution is 0.262. The van der Waals surface area contributed by atoms with Gasteiger partial charge in [-0.2, -0.15) is 0 Å². The third-order valence-corrected chi connectivity index (χ3v) is 4.43. The van der Waals surface area contributed by atoms with Crippen LogP contribution in [0.5, 0.6) is 0 Å². The van der Waals surface area contributed by atoms with E-state index in [2.05, 4.69) is 30.9 Å². The molecular weight excluding hydrogens is 364 g/mol. The number of nitrogens with zero attached hydrogens (tertiary/aromatic N) is 3. The van der Waals surface area contributed by atoms with Crippen molar-refractivity contribution in [1.29, 1.82) is 0 Å². The van der Waals surface area contributed by atoms with E-state index in [-0.39, 0.29) is 6.61 Å². The maximum Gasteiger partial charge on any atom is 0.326 e. The highest BCUT2D eigenvalue weighted by molar-refractivity contribution is 7.13. The lowest BCUT2D eigenvalue weighted by atomic mass is 10.3. The van der Waals surface area contributed by atoms with Gasteiger partial charge in [-0.15, -0.1) is 11.3 Å². The molecule has 140 valence electrons. The van der Waals surface area contributed by atoms with Crippen LogP contribution in [0.1, 0.15) is 12.1 Å². The third kappa shape index (κ3) is 5.81. The number of nitrogens with one attached hydrogen (secondary N) is 3. The van der Waals surface area contributed by atoms with Crippen LogP contribution in [0.4, 0.5) is 16.4 Å². The van der Waals surface area contributed by atoms with E-state index in [4.69, 9.17) is 5.11 Å². The quantitative estimate of drug-likeness (QED) is 0.444. The van der Waals surface area contributed by atoms with Crippen molar-refractivity contribution in [3.8, 4) is 10.6 Å². The Balaban J connectivity index is 1.54. The third-order valence-electron chi connectivity index (χ3n) is 3.54. The predicted molar refractivity (Wildman–Crippen MR) is 106 cm³/mol. The van der Waals surface area contributed by atoms with Crippen molar-refractivity contribution in [3.05, 3.63) is 53.8 Å². The van der Waals surface area contributed by atoms with E-state index < -0.39 is 6.03 Å². The zero-order valence-corrected chi connectivity index (χ0v) is 15.4. The number of aromatic nitrogens is 3. The summed E-state index contributed by atoms with van der Waals surface area (Å²) in [6, 6.07) is 8.76. The summed E-state index contributed by atoms with van der Waals surface area (Å²) in [5, 5.41) is 20.0. The molecule has 3 aromatic heterocycles. The van der Waals surface area contributed by atoms with Crippen LogP contribution < -0.4 is 16.0 Å². The van der Waals surface area contributed by atoms with Crippen molar-refractivity contribution in [3.63, 3.8) is 0 Å². The second-order valence-electron chi connectivity index (χ2n) is 5.62. The Morgan fingerprint density at radius 1 is 1.07 bits per heavy atom. The maximum absolute atomic E-state index is 12.2. The summed E-state index contributed by atoms with van der Waals surface area (Å²) in [6.07, 6.45) is 4.09.